The fraction of sp³-hybridized carbons (Fsp3) is 0.211. The number of hydrogen-bond donors (Lipinski definition) is 1. The van der Waals surface area contributed by atoms with E-state index in [-0.39, 0.29) is 19.2 Å². The third-order valence-electron chi connectivity index (χ3n) is 4.62. The van der Waals surface area contributed by atoms with E-state index >= 15 is 0 Å². The molecule has 1 fully saturated rings. The molecule has 2 aromatic carbocycles. The molecule has 3 amide bonds. The molecule has 0 spiro atoms. The molecular weight excluding hydrogens is 334 g/mol. The van der Waals surface area contributed by atoms with Crippen LogP contribution < -0.4 is 14.8 Å². The van der Waals surface area contributed by atoms with E-state index in [1.807, 2.05) is 0 Å². The van der Waals surface area contributed by atoms with Gasteiger partial charge in [-0.05, 0) is 42.3 Å². The second-order valence-corrected chi connectivity index (χ2v) is 6.33. The van der Waals surface area contributed by atoms with Crippen LogP contribution in [0.5, 0.6) is 11.5 Å². The van der Waals surface area contributed by atoms with Crippen LogP contribution in [-0.2, 0) is 16.9 Å². The highest BCUT2D eigenvalue weighted by molar-refractivity contribution is 6.07. The number of nitrogens with one attached hydrogen (secondary N) is 1. The average Bonchev–Trinajstić information content (AvgIpc) is 3.20. The average molecular weight is 349 g/mol. The Bertz CT molecular complexity index is 965. The van der Waals surface area contributed by atoms with E-state index < -0.39 is 11.6 Å². The molecule has 2 aliphatic heterocycles. The molecule has 0 saturated carbocycles. The number of fused-ring (bicyclic) bond motifs is 1. The summed E-state index contributed by atoms with van der Waals surface area (Å²) in [5.74, 6) is 0.800. The van der Waals surface area contributed by atoms with Crippen LogP contribution >= 0.6 is 0 Å². The SMILES string of the molecule is CC1(c2ccc3c(c2)OCO3)NC(=O)N(Cc2cccc(C#N)c2)C1=O. The predicted octanol–water partition coefficient (Wildman–Crippen LogP) is 2.25. The molecule has 0 radical (unpaired) electrons. The number of benzene rings is 2. The van der Waals surface area contributed by atoms with Crippen LogP contribution in [0.25, 0.3) is 0 Å². The normalized spacial score (nSPS) is 20.8. The van der Waals surface area contributed by atoms with Gasteiger partial charge in [0.05, 0.1) is 18.2 Å². The minimum Gasteiger partial charge on any atom is -0.454 e. The maximum atomic E-state index is 13.0. The van der Waals surface area contributed by atoms with E-state index in [2.05, 4.69) is 11.4 Å². The molecule has 4 rings (SSSR count). The fourth-order valence-electron chi connectivity index (χ4n) is 3.17. The van der Waals surface area contributed by atoms with Crippen LogP contribution in [0.1, 0.15) is 23.6 Å². The Morgan fingerprint density at radius 1 is 1.19 bits per heavy atom. The second kappa shape index (κ2) is 5.77. The van der Waals surface area contributed by atoms with Crippen LogP contribution in [0.4, 0.5) is 4.79 Å². The molecule has 0 bridgehead atoms. The number of urea groups is 1. The monoisotopic (exact) mass is 349 g/mol. The second-order valence-electron chi connectivity index (χ2n) is 6.33. The van der Waals surface area contributed by atoms with Gasteiger partial charge in [0.2, 0.25) is 6.79 Å². The number of ether oxygens (including phenoxy) is 2. The summed E-state index contributed by atoms with van der Waals surface area (Å²) in [7, 11) is 0. The summed E-state index contributed by atoms with van der Waals surface area (Å²) < 4.78 is 10.7. The quantitative estimate of drug-likeness (QED) is 0.858. The maximum absolute atomic E-state index is 13.0. The Morgan fingerprint density at radius 3 is 2.81 bits per heavy atom. The van der Waals surface area contributed by atoms with Crippen molar-refractivity contribution in [2.75, 3.05) is 6.79 Å². The molecule has 26 heavy (non-hydrogen) atoms. The van der Waals surface area contributed by atoms with Crippen LogP contribution in [0, 0.1) is 11.3 Å². The highest BCUT2D eigenvalue weighted by Gasteiger charge is 2.49. The van der Waals surface area contributed by atoms with Gasteiger partial charge in [0.1, 0.15) is 5.54 Å². The summed E-state index contributed by atoms with van der Waals surface area (Å²) in [4.78, 5) is 26.6. The van der Waals surface area contributed by atoms with Crippen molar-refractivity contribution in [1.29, 1.82) is 5.26 Å². The molecule has 0 aromatic heterocycles. The fourth-order valence-corrected chi connectivity index (χ4v) is 3.17. The van der Waals surface area contributed by atoms with Crippen molar-refractivity contribution < 1.29 is 19.1 Å². The van der Waals surface area contributed by atoms with Crippen LogP contribution in [0.15, 0.2) is 42.5 Å². The lowest BCUT2D eigenvalue weighted by Gasteiger charge is -2.22. The molecule has 2 heterocycles. The van der Waals surface area contributed by atoms with Gasteiger partial charge < -0.3 is 14.8 Å². The summed E-state index contributed by atoms with van der Waals surface area (Å²) in [5.41, 5.74) is 0.620. The van der Waals surface area contributed by atoms with E-state index in [1.54, 1.807) is 49.4 Å². The number of nitriles is 1. The molecule has 1 atom stereocenters. The van der Waals surface area contributed by atoms with E-state index in [1.165, 1.54) is 0 Å². The Kier molecular flexibility index (Phi) is 3.55. The first kappa shape index (κ1) is 16.0. The molecule has 2 aliphatic rings. The van der Waals surface area contributed by atoms with Gasteiger partial charge in [-0.15, -0.1) is 0 Å². The van der Waals surface area contributed by atoms with Crippen LogP contribution in [0.3, 0.4) is 0 Å². The van der Waals surface area contributed by atoms with Crippen molar-refractivity contribution in [3.63, 3.8) is 0 Å². The lowest BCUT2D eigenvalue weighted by molar-refractivity contribution is -0.131. The largest absolute Gasteiger partial charge is 0.454 e. The molecule has 7 heteroatoms. The molecule has 130 valence electrons. The summed E-state index contributed by atoms with van der Waals surface area (Å²) in [5, 5.41) is 11.8. The summed E-state index contributed by atoms with van der Waals surface area (Å²) in [6.07, 6.45) is 0. The third kappa shape index (κ3) is 2.43. The molecule has 0 aliphatic carbocycles. The highest BCUT2D eigenvalue weighted by Crippen LogP contribution is 2.38. The zero-order valence-corrected chi connectivity index (χ0v) is 14.0. The molecule has 2 aromatic rings. The van der Waals surface area contributed by atoms with Crippen molar-refractivity contribution in [3.05, 3.63) is 59.2 Å². The Morgan fingerprint density at radius 2 is 2.00 bits per heavy atom. The summed E-state index contributed by atoms with van der Waals surface area (Å²) >= 11 is 0. The van der Waals surface area contributed by atoms with Crippen molar-refractivity contribution in [3.8, 4) is 17.6 Å². The van der Waals surface area contributed by atoms with E-state index in [9.17, 15) is 9.59 Å². The highest BCUT2D eigenvalue weighted by atomic mass is 16.7. The van der Waals surface area contributed by atoms with Crippen molar-refractivity contribution in [2.24, 2.45) is 0 Å². The smallest absolute Gasteiger partial charge is 0.325 e. The molecule has 7 nitrogen and oxygen atoms in total. The number of imide groups is 1. The first-order valence-corrected chi connectivity index (χ1v) is 8.04. The van der Waals surface area contributed by atoms with Gasteiger partial charge in [-0.1, -0.05) is 18.2 Å². The van der Waals surface area contributed by atoms with Gasteiger partial charge in [-0.25, -0.2) is 4.79 Å². The van der Waals surface area contributed by atoms with Gasteiger partial charge in [0.25, 0.3) is 5.91 Å². The Balaban J connectivity index is 1.63. The van der Waals surface area contributed by atoms with Crippen LogP contribution in [-0.4, -0.2) is 23.6 Å². The topological polar surface area (TPSA) is 91.7 Å². The summed E-state index contributed by atoms with van der Waals surface area (Å²) in [6.45, 7) is 1.90. The predicted molar refractivity (Wildman–Crippen MR) is 90.2 cm³/mol. The minimum atomic E-state index is -1.19. The van der Waals surface area contributed by atoms with Gasteiger partial charge in [0.15, 0.2) is 11.5 Å². The van der Waals surface area contributed by atoms with Crippen molar-refractivity contribution in [2.45, 2.75) is 19.0 Å². The molecule has 1 saturated heterocycles. The molecule has 1 N–H and O–H groups in total. The minimum absolute atomic E-state index is 0.0975. The van der Waals surface area contributed by atoms with Gasteiger partial charge >= 0.3 is 6.03 Å². The lowest BCUT2D eigenvalue weighted by atomic mass is 9.91. The first-order chi connectivity index (χ1) is 12.5. The number of hydrogen-bond acceptors (Lipinski definition) is 5. The van der Waals surface area contributed by atoms with Gasteiger partial charge in [0, 0.05) is 0 Å². The lowest BCUT2D eigenvalue weighted by Crippen LogP contribution is -2.40. The molecule has 1 unspecified atom stereocenters. The molecular formula is C19H15N3O4. The van der Waals surface area contributed by atoms with Crippen molar-refractivity contribution in [1.82, 2.24) is 10.2 Å². The van der Waals surface area contributed by atoms with E-state index in [4.69, 9.17) is 14.7 Å². The Hall–Kier alpha value is -3.53. The zero-order valence-electron chi connectivity index (χ0n) is 14.0. The number of amides is 3. The van der Waals surface area contributed by atoms with Gasteiger partial charge in [-0.2, -0.15) is 5.26 Å². The number of carbonyl (C=O) groups is 2. The van der Waals surface area contributed by atoms with Crippen molar-refractivity contribution >= 4 is 11.9 Å². The van der Waals surface area contributed by atoms with E-state index in [0.717, 1.165) is 4.90 Å². The summed E-state index contributed by atoms with van der Waals surface area (Å²) in [6, 6.07) is 13.6. The van der Waals surface area contributed by atoms with Crippen LogP contribution in [0.2, 0.25) is 0 Å². The Labute approximate surface area is 149 Å². The van der Waals surface area contributed by atoms with E-state index in [0.29, 0.717) is 28.2 Å². The maximum Gasteiger partial charge on any atom is 0.325 e. The number of carbonyl (C=O) groups excluding carboxylic acids is 2. The zero-order chi connectivity index (χ0) is 18.3. The number of rotatable bonds is 3. The van der Waals surface area contributed by atoms with Gasteiger partial charge in [-0.3, -0.25) is 9.69 Å². The first-order valence-electron chi connectivity index (χ1n) is 8.04. The number of nitrogens with zero attached hydrogens (tertiary/aromatic N) is 2. The third-order valence-corrected chi connectivity index (χ3v) is 4.62. The standard InChI is InChI=1S/C19H15N3O4/c1-19(14-5-6-15-16(8-14)26-11-25-15)17(23)22(18(24)21-19)10-13-4-2-3-12(7-13)9-20/h2-8H,10-11H2,1H3,(H,21,24).